The van der Waals surface area contributed by atoms with Crippen LogP contribution in [0, 0.1) is 18.7 Å². The van der Waals surface area contributed by atoms with Crippen molar-refractivity contribution in [3.63, 3.8) is 0 Å². The van der Waals surface area contributed by atoms with E-state index in [0.717, 1.165) is 31.5 Å². The average molecular weight is 403 g/mol. The molecule has 0 bridgehead atoms. The molecule has 1 aliphatic heterocycles. The molecule has 2 heterocycles. The number of carbonyl (C=O) groups is 2. The van der Waals surface area contributed by atoms with Gasteiger partial charge in [0.05, 0.1) is 20.8 Å². The fourth-order valence-electron chi connectivity index (χ4n) is 3.68. The van der Waals surface area contributed by atoms with Gasteiger partial charge in [-0.1, -0.05) is 12.1 Å². The SMILES string of the molecule is COC(=O)c1cc(C(=O)OC)n(CCN2CCC(Cc3ccc(C)c(F)c3)C2)n1. The third-order valence-corrected chi connectivity index (χ3v) is 5.33. The Morgan fingerprint density at radius 2 is 1.93 bits per heavy atom. The van der Waals surface area contributed by atoms with E-state index in [1.165, 1.54) is 25.0 Å². The maximum Gasteiger partial charge on any atom is 0.358 e. The summed E-state index contributed by atoms with van der Waals surface area (Å²) in [5.41, 5.74) is 1.98. The van der Waals surface area contributed by atoms with Gasteiger partial charge in [0.2, 0.25) is 0 Å². The maximum atomic E-state index is 13.8. The lowest BCUT2D eigenvalue weighted by molar-refractivity contribution is 0.0580. The first-order valence-corrected chi connectivity index (χ1v) is 9.63. The summed E-state index contributed by atoms with van der Waals surface area (Å²) in [7, 11) is 2.56. The molecular weight excluding hydrogens is 377 g/mol. The van der Waals surface area contributed by atoms with Crippen LogP contribution in [0.2, 0.25) is 0 Å². The van der Waals surface area contributed by atoms with E-state index in [1.54, 1.807) is 13.0 Å². The Bertz CT molecular complexity index is 896. The van der Waals surface area contributed by atoms with Crippen LogP contribution in [-0.4, -0.2) is 60.5 Å². The number of nitrogens with zero attached hydrogens (tertiary/aromatic N) is 3. The Labute approximate surface area is 169 Å². The molecule has 0 N–H and O–H groups in total. The predicted molar refractivity (Wildman–Crippen MR) is 104 cm³/mol. The summed E-state index contributed by atoms with van der Waals surface area (Å²) in [6.45, 7) is 4.73. The minimum atomic E-state index is -0.597. The van der Waals surface area contributed by atoms with Crippen molar-refractivity contribution in [1.29, 1.82) is 0 Å². The highest BCUT2D eigenvalue weighted by molar-refractivity contribution is 5.93. The number of carbonyl (C=O) groups excluding carboxylic acids is 2. The molecule has 0 aliphatic carbocycles. The lowest BCUT2D eigenvalue weighted by Gasteiger charge is -2.17. The third-order valence-electron chi connectivity index (χ3n) is 5.33. The molecule has 1 aliphatic rings. The van der Waals surface area contributed by atoms with Gasteiger partial charge in [-0.25, -0.2) is 14.0 Å². The average Bonchev–Trinajstić information content (AvgIpc) is 3.35. The molecule has 3 rings (SSSR count). The van der Waals surface area contributed by atoms with Crippen molar-refractivity contribution in [1.82, 2.24) is 14.7 Å². The van der Waals surface area contributed by atoms with Crippen molar-refractivity contribution in [2.45, 2.75) is 26.3 Å². The molecule has 0 spiro atoms. The number of benzene rings is 1. The summed E-state index contributed by atoms with van der Waals surface area (Å²) in [5.74, 6) is -0.845. The molecule has 0 radical (unpaired) electrons. The molecular formula is C21H26FN3O4. The molecule has 1 atom stereocenters. The highest BCUT2D eigenvalue weighted by atomic mass is 19.1. The summed E-state index contributed by atoms with van der Waals surface area (Å²) >= 11 is 0. The Balaban J connectivity index is 1.59. The largest absolute Gasteiger partial charge is 0.464 e. The second-order valence-corrected chi connectivity index (χ2v) is 7.36. The number of rotatable bonds is 7. The van der Waals surface area contributed by atoms with Crippen LogP contribution in [0.4, 0.5) is 4.39 Å². The van der Waals surface area contributed by atoms with Crippen LogP contribution in [0.15, 0.2) is 24.3 Å². The van der Waals surface area contributed by atoms with Crippen LogP contribution >= 0.6 is 0 Å². The van der Waals surface area contributed by atoms with Crippen molar-refractivity contribution < 1.29 is 23.5 Å². The zero-order valence-electron chi connectivity index (χ0n) is 17.0. The van der Waals surface area contributed by atoms with E-state index in [4.69, 9.17) is 4.74 Å². The Kier molecular flexibility index (Phi) is 6.64. The highest BCUT2D eigenvalue weighted by Gasteiger charge is 2.24. The minimum Gasteiger partial charge on any atom is -0.464 e. The van der Waals surface area contributed by atoms with Crippen LogP contribution in [0.5, 0.6) is 0 Å². The smallest absolute Gasteiger partial charge is 0.358 e. The van der Waals surface area contributed by atoms with Crippen molar-refractivity contribution in [2.75, 3.05) is 33.9 Å². The fraction of sp³-hybridized carbons (Fsp3) is 0.476. The molecule has 1 fully saturated rings. The molecule has 2 aromatic rings. The number of aryl methyl sites for hydroxylation is 1. The number of halogens is 1. The summed E-state index contributed by atoms with van der Waals surface area (Å²) < 4.78 is 24.7. The van der Waals surface area contributed by atoms with E-state index in [2.05, 4.69) is 14.7 Å². The van der Waals surface area contributed by atoms with Gasteiger partial charge in [-0.3, -0.25) is 4.68 Å². The van der Waals surface area contributed by atoms with Gasteiger partial charge in [0, 0.05) is 19.2 Å². The zero-order valence-corrected chi connectivity index (χ0v) is 17.0. The second-order valence-electron chi connectivity index (χ2n) is 7.36. The Morgan fingerprint density at radius 3 is 2.62 bits per heavy atom. The van der Waals surface area contributed by atoms with Gasteiger partial charge in [0.1, 0.15) is 11.5 Å². The van der Waals surface area contributed by atoms with Gasteiger partial charge >= 0.3 is 11.9 Å². The number of ether oxygens (including phenoxy) is 2. The number of hydrogen-bond acceptors (Lipinski definition) is 6. The van der Waals surface area contributed by atoms with E-state index in [9.17, 15) is 14.0 Å². The second kappa shape index (κ2) is 9.17. The molecule has 1 aromatic heterocycles. The minimum absolute atomic E-state index is 0.0774. The molecule has 156 valence electrons. The van der Waals surface area contributed by atoms with Crippen LogP contribution in [0.25, 0.3) is 0 Å². The maximum absolute atomic E-state index is 13.8. The van der Waals surface area contributed by atoms with Crippen molar-refractivity contribution in [2.24, 2.45) is 5.92 Å². The summed E-state index contributed by atoms with van der Waals surface area (Å²) in [6, 6.07) is 6.82. The Hall–Kier alpha value is -2.74. The van der Waals surface area contributed by atoms with E-state index >= 15 is 0 Å². The molecule has 0 amide bonds. The first kappa shape index (κ1) is 21.0. The molecule has 0 saturated carbocycles. The van der Waals surface area contributed by atoms with Gasteiger partial charge in [0.25, 0.3) is 0 Å². The highest BCUT2D eigenvalue weighted by Crippen LogP contribution is 2.22. The van der Waals surface area contributed by atoms with Gasteiger partial charge in [0.15, 0.2) is 5.69 Å². The first-order valence-electron chi connectivity index (χ1n) is 9.63. The van der Waals surface area contributed by atoms with Crippen molar-refractivity contribution in [3.8, 4) is 0 Å². The molecule has 1 unspecified atom stereocenters. The fourth-order valence-corrected chi connectivity index (χ4v) is 3.68. The van der Waals surface area contributed by atoms with Crippen LogP contribution in [0.3, 0.4) is 0 Å². The molecule has 8 heteroatoms. The molecule has 1 saturated heterocycles. The first-order chi connectivity index (χ1) is 13.9. The number of esters is 2. The summed E-state index contributed by atoms with van der Waals surface area (Å²) in [4.78, 5) is 26.0. The number of likely N-dealkylation sites (tertiary alicyclic amines) is 1. The summed E-state index contributed by atoms with van der Waals surface area (Å²) in [5, 5.41) is 4.19. The van der Waals surface area contributed by atoms with Crippen LogP contribution in [0.1, 0.15) is 38.5 Å². The van der Waals surface area contributed by atoms with Gasteiger partial charge in [-0.15, -0.1) is 0 Å². The number of aromatic nitrogens is 2. The van der Waals surface area contributed by atoms with Crippen LogP contribution in [-0.2, 0) is 22.4 Å². The predicted octanol–water partition coefficient (Wildman–Crippen LogP) is 2.47. The molecule has 7 nitrogen and oxygen atoms in total. The van der Waals surface area contributed by atoms with E-state index in [1.807, 2.05) is 12.1 Å². The van der Waals surface area contributed by atoms with Crippen LogP contribution < -0.4 is 0 Å². The molecule has 29 heavy (non-hydrogen) atoms. The van der Waals surface area contributed by atoms with E-state index < -0.39 is 11.9 Å². The number of hydrogen-bond donors (Lipinski definition) is 0. The summed E-state index contributed by atoms with van der Waals surface area (Å²) in [6.07, 6.45) is 1.88. The quantitative estimate of drug-likeness (QED) is 0.662. The normalized spacial score (nSPS) is 16.8. The van der Waals surface area contributed by atoms with E-state index in [0.29, 0.717) is 24.6 Å². The Morgan fingerprint density at radius 1 is 1.17 bits per heavy atom. The van der Waals surface area contributed by atoms with Gasteiger partial charge in [-0.2, -0.15) is 5.10 Å². The van der Waals surface area contributed by atoms with Crippen molar-refractivity contribution >= 4 is 11.9 Å². The van der Waals surface area contributed by atoms with E-state index in [-0.39, 0.29) is 17.2 Å². The molecule has 1 aromatic carbocycles. The van der Waals surface area contributed by atoms with Gasteiger partial charge < -0.3 is 14.4 Å². The third kappa shape index (κ3) is 5.00. The van der Waals surface area contributed by atoms with Crippen molar-refractivity contribution in [3.05, 3.63) is 52.6 Å². The monoisotopic (exact) mass is 403 g/mol. The topological polar surface area (TPSA) is 73.7 Å². The lowest BCUT2D eigenvalue weighted by Crippen LogP contribution is -2.27. The lowest BCUT2D eigenvalue weighted by atomic mass is 9.98. The standard InChI is InChI=1S/C21H26FN3O4/c1-14-4-5-15(11-17(14)22)10-16-6-7-24(13-16)8-9-25-19(21(27)29-3)12-18(23-25)20(26)28-2/h4-5,11-12,16H,6-10,13H2,1-3H3. The number of methoxy groups -OCH3 is 2. The van der Waals surface area contributed by atoms with Gasteiger partial charge in [-0.05, 0) is 49.4 Å². The zero-order chi connectivity index (χ0) is 21.0.